The molecular weight excluding hydrogens is 200 g/mol. The molecule has 0 unspecified atom stereocenters. The minimum absolute atomic E-state index is 0.0232. The Morgan fingerprint density at radius 3 is 3.14 bits per heavy atom. The van der Waals surface area contributed by atoms with Crippen molar-refractivity contribution in [2.75, 3.05) is 13.1 Å². The Balaban J connectivity index is 2.06. The Morgan fingerprint density at radius 1 is 1.64 bits per heavy atom. The zero-order valence-electron chi connectivity index (χ0n) is 8.12. The monoisotopic (exact) mass is 214 g/mol. The van der Waals surface area contributed by atoms with Gasteiger partial charge in [-0.2, -0.15) is 0 Å². The summed E-state index contributed by atoms with van der Waals surface area (Å²) in [6.45, 7) is 3.68. The fourth-order valence-electron chi connectivity index (χ4n) is 0.892. The third-order valence-electron chi connectivity index (χ3n) is 1.57. The molecule has 0 atom stereocenters. The van der Waals surface area contributed by atoms with Crippen LogP contribution in [0.15, 0.2) is 5.38 Å². The van der Waals surface area contributed by atoms with E-state index < -0.39 is 0 Å². The lowest BCUT2D eigenvalue weighted by Gasteiger charge is -2.03. The molecule has 1 amide bonds. The predicted octanol–water partition coefficient (Wildman–Crippen LogP) is 0.154. The van der Waals surface area contributed by atoms with Crippen molar-refractivity contribution >= 4 is 17.4 Å². The second kappa shape index (κ2) is 6.44. The molecule has 0 bridgehead atoms. The lowest BCUT2D eigenvalue weighted by molar-refractivity contribution is -0.120. The maximum Gasteiger partial charge on any atom is 0.233 e. The van der Waals surface area contributed by atoms with Crippen LogP contribution in [0, 0.1) is 0 Å². The topological polar surface area (TPSA) is 66.9 Å². The van der Waals surface area contributed by atoms with Crippen LogP contribution in [0.3, 0.4) is 0 Å². The molecule has 1 rings (SSSR count). The Morgan fingerprint density at radius 2 is 2.50 bits per heavy atom. The molecule has 0 aromatic carbocycles. The minimum Gasteiger partial charge on any atom is -0.355 e. The standard InChI is InChI=1S/C8H14N4OS/c1-2-3-10-8(13)5-9-4-7-6-14-12-11-7/h6,9H,2-5H2,1H3,(H,10,13). The molecule has 6 heteroatoms. The molecule has 0 aliphatic rings. The number of nitrogens with one attached hydrogen (secondary N) is 2. The molecule has 0 spiro atoms. The third-order valence-corrected chi connectivity index (χ3v) is 2.12. The highest BCUT2D eigenvalue weighted by Gasteiger charge is 2.00. The summed E-state index contributed by atoms with van der Waals surface area (Å²) in [5.74, 6) is 0.0232. The van der Waals surface area contributed by atoms with Crippen LogP contribution in [-0.4, -0.2) is 28.6 Å². The van der Waals surface area contributed by atoms with E-state index in [1.165, 1.54) is 11.5 Å². The average Bonchev–Trinajstić information content (AvgIpc) is 2.67. The fourth-order valence-corrected chi connectivity index (χ4v) is 1.34. The quantitative estimate of drug-likeness (QED) is 0.707. The summed E-state index contributed by atoms with van der Waals surface area (Å²) >= 11 is 1.31. The van der Waals surface area contributed by atoms with Gasteiger partial charge >= 0.3 is 0 Å². The summed E-state index contributed by atoms with van der Waals surface area (Å²) in [7, 11) is 0. The molecule has 1 aromatic rings. The van der Waals surface area contributed by atoms with Gasteiger partial charge in [0.05, 0.1) is 12.2 Å². The van der Waals surface area contributed by atoms with Gasteiger partial charge in [0, 0.05) is 18.5 Å². The van der Waals surface area contributed by atoms with Crippen LogP contribution in [0.4, 0.5) is 0 Å². The minimum atomic E-state index is 0.0232. The Bertz CT molecular complexity index is 262. The van der Waals surface area contributed by atoms with Gasteiger partial charge in [-0.3, -0.25) is 4.79 Å². The summed E-state index contributed by atoms with van der Waals surface area (Å²) in [6, 6.07) is 0. The van der Waals surface area contributed by atoms with Crippen molar-refractivity contribution in [3.8, 4) is 0 Å². The predicted molar refractivity (Wildman–Crippen MR) is 54.9 cm³/mol. The van der Waals surface area contributed by atoms with Gasteiger partial charge in [-0.1, -0.05) is 11.4 Å². The maximum absolute atomic E-state index is 11.1. The Kier molecular flexibility index (Phi) is 5.09. The second-order valence-electron chi connectivity index (χ2n) is 2.85. The number of aromatic nitrogens is 2. The smallest absolute Gasteiger partial charge is 0.233 e. The van der Waals surface area contributed by atoms with Crippen molar-refractivity contribution in [2.45, 2.75) is 19.9 Å². The highest BCUT2D eigenvalue weighted by atomic mass is 32.1. The Hall–Kier alpha value is -1.01. The molecule has 0 aliphatic heterocycles. The molecule has 1 aromatic heterocycles. The lowest BCUT2D eigenvalue weighted by Crippen LogP contribution is -2.33. The highest BCUT2D eigenvalue weighted by molar-refractivity contribution is 7.03. The SMILES string of the molecule is CCCNC(=O)CNCc1csnn1. The zero-order valence-corrected chi connectivity index (χ0v) is 8.93. The molecule has 78 valence electrons. The normalized spacial score (nSPS) is 10.1. The van der Waals surface area contributed by atoms with Crippen LogP contribution >= 0.6 is 11.5 Å². The van der Waals surface area contributed by atoms with Gasteiger partial charge in [-0.25, -0.2) is 0 Å². The van der Waals surface area contributed by atoms with Gasteiger partial charge in [0.25, 0.3) is 0 Å². The van der Waals surface area contributed by atoms with E-state index in [4.69, 9.17) is 0 Å². The van der Waals surface area contributed by atoms with Crippen LogP contribution in [0.5, 0.6) is 0 Å². The molecule has 0 saturated carbocycles. The van der Waals surface area contributed by atoms with Gasteiger partial charge in [0.15, 0.2) is 0 Å². The van der Waals surface area contributed by atoms with Crippen molar-refractivity contribution in [1.82, 2.24) is 20.2 Å². The highest BCUT2D eigenvalue weighted by Crippen LogP contribution is 1.94. The first-order valence-electron chi connectivity index (χ1n) is 4.56. The second-order valence-corrected chi connectivity index (χ2v) is 3.46. The summed E-state index contributed by atoms with van der Waals surface area (Å²) in [5, 5.41) is 11.5. The van der Waals surface area contributed by atoms with E-state index in [9.17, 15) is 4.79 Å². The van der Waals surface area contributed by atoms with Crippen LogP contribution < -0.4 is 10.6 Å². The van der Waals surface area contributed by atoms with Crippen molar-refractivity contribution in [3.05, 3.63) is 11.1 Å². The largest absolute Gasteiger partial charge is 0.355 e. The van der Waals surface area contributed by atoms with E-state index in [-0.39, 0.29) is 5.91 Å². The Labute approximate surface area is 87.1 Å². The van der Waals surface area contributed by atoms with E-state index in [1.54, 1.807) is 0 Å². The third kappa shape index (κ3) is 4.29. The molecule has 5 nitrogen and oxygen atoms in total. The molecule has 0 radical (unpaired) electrons. The summed E-state index contributed by atoms with van der Waals surface area (Å²) < 4.78 is 3.72. The molecule has 1 heterocycles. The van der Waals surface area contributed by atoms with Crippen LogP contribution in [-0.2, 0) is 11.3 Å². The molecule has 14 heavy (non-hydrogen) atoms. The van der Waals surface area contributed by atoms with Crippen molar-refractivity contribution in [2.24, 2.45) is 0 Å². The summed E-state index contributed by atoms with van der Waals surface area (Å²) in [6.07, 6.45) is 0.960. The summed E-state index contributed by atoms with van der Waals surface area (Å²) in [5.41, 5.74) is 0.873. The van der Waals surface area contributed by atoms with E-state index in [1.807, 2.05) is 12.3 Å². The first-order chi connectivity index (χ1) is 6.83. The number of carbonyl (C=O) groups is 1. The number of nitrogens with zero attached hydrogens (tertiary/aromatic N) is 2. The molecule has 2 N–H and O–H groups in total. The van der Waals surface area contributed by atoms with Gasteiger partial charge in [0.2, 0.25) is 5.91 Å². The van der Waals surface area contributed by atoms with Crippen LogP contribution in [0.1, 0.15) is 19.0 Å². The molecular formula is C8H14N4OS. The molecule has 0 saturated heterocycles. The fraction of sp³-hybridized carbons (Fsp3) is 0.625. The van der Waals surface area contributed by atoms with Gasteiger partial charge < -0.3 is 10.6 Å². The van der Waals surface area contributed by atoms with Crippen LogP contribution in [0.25, 0.3) is 0 Å². The first-order valence-corrected chi connectivity index (χ1v) is 5.40. The van der Waals surface area contributed by atoms with E-state index in [0.717, 1.165) is 18.7 Å². The van der Waals surface area contributed by atoms with Gasteiger partial charge in [0.1, 0.15) is 0 Å². The number of carbonyl (C=O) groups excluding carboxylic acids is 1. The maximum atomic E-state index is 11.1. The van der Waals surface area contributed by atoms with E-state index in [2.05, 4.69) is 20.2 Å². The first kappa shape index (κ1) is 11.1. The van der Waals surface area contributed by atoms with E-state index in [0.29, 0.717) is 13.1 Å². The number of hydrogen-bond donors (Lipinski definition) is 2. The van der Waals surface area contributed by atoms with Crippen molar-refractivity contribution in [1.29, 1.82) is 0 Å². The average molecular weight is 214 g/mol. The number of rotatable bonds is 6. The van der Waals surface area contributed by atoms with Crippen molar-refractivity contribution in [3.63, 3.8) is 0 Å². The van der Waals surface area contributed by atoms with Gasteiger partial charge in [-0.15, -0.1) is 5.10 Å². The number of amides is 1. The van der Waals surface area contributed by atoms with Crippen molar-refractivity contribution < 1.29 is 4.79 Å². The molecule has 0 aliphatic carbocycles. The van der Waals surface area contributed by atoms with Gasteiger partial charge in [-0.05, 0) is 18.0 Å². The zero-order chi connectivity index (χ0) is 10.2. The van der Waals surface area contributed by atoms with Crippen LogP contribution in [0.2, 0.25) is 0 Å². The number of hydrogen-bond acceptors (Lipinski definition) is 5. The van der Waals surface area contributed by atoms with E-state index >= 15 is 0 Å². The lowest BCUT2D eigenvalue weighted by atomic mass is 10.4. The summed E-state index contributed by atoms with van der Waals surface area (Å²) in [4.78, 5) is 11.1. The molecule has 0 fully saturated rings.